The van der Waals surface area contributed by atoms with E-state index in [-0.39, 0.29) is 17.7 Å². The lowest BCUT2D eigenvalue weighted by Crippen LogP contribution is -3.17. The van der Waals surface area contributed by atoms with Gasteiger partial charge in [0.05, 0.1) is 16.8 Å². The van der Waals surface area contributed by atoms with Crippen LogP contribution in [0, 0.1) is 11.1 Å². The molecule has 2 aliphatic rings. The topological polar surface area (TPSA) is 63.4 Å². The quantitative estimate of drug-likeness (QED) is 0.613. The highest BCUT2D eigenvalue weighted by atomic mass is 35.5. The van der Waals surface area contributed by atoms with Crippen molar-refractivity contribution in [3.8, 4) is 0 Å². The van der Waals surface area contributed by atoms with Crippen LogP contribution < -0.4 is 10.2 Å². The van der Waals surface area contributed by atoms with E-state index in [0.29, 0.717) is 33.8 Å². The van der Waals surface area contributed by atoms with E-state index in [1.807, 2.05) is 19.1 Å². The Hall–Kier alpha value is -1.67. The van der Waals surface area contributed by atoms with Gasteiger partial charge in [-0.25, -0.2) is 9.97 Å². The minimum absolute atomic E-state index is 0.241. The molecule has 4 rings (SSSR count). The molecule has 1 unspecified atom stereocenters. The zero-order chi connectivity index (χ0) is 22.8. The molecule has 1 amide bonds. The van der Waals surface area contributed by atoms with Crippen molar-refractivity contribution in [2.75, 3.05) is 18.1 Å². The predicted octanol–water partition coefficient (Wildman–Crippen LogP) is 4.90. The van der Waals surface area contributed by atoms with Gasteiger partial charge in [0.25, 0.3) is 0 Å². The zero-order valence-electron chi connectivity index (χ0n) is 17.7. The highest BCUT2D eigenvalue weighted by Gasteiger charge is 2.43. The Bertz CT molecular complexity index is 1010. The summed E-state index contributed by atoms with van der Waals surface area (Å²) in [6.07, 6.45) is 4.00. The number of rotatable bonds is 4. The second-order valence-corrected chi connectivity index (χ2v) is 9.53. The van der Waals surface area contributed by atoms with Gasteiger partial charge in [-0.05, 0) is 48.7 Å². The molecular formula is C23H25Cl3N4O2. The maximum absolute atomic E-state index is 13.3. The van der Waals surface area contributed by atoms with E-state index in [0.717, 1.165) is 31.2 Å². The van der Waals surface area contributed by atoms with Crippen LogP contribution in [-0.2, 0) is 4.79 Å². The van der Waals surface area contributed by atoms with Crippen LogP contribution in [-0.4, -0.2) is 29.7 Å². The number of halogens is 3. The molecule has 0 spiro atoms. The number of nitrogens with one attached hydrogen (secondary N) is 1. The smallest absolute Gasteiger partial charge is 0.380 e. The molecule has 1 saturated heterocycles. The average molecular weight is 496 g/mol. The molecule has 1 fully saturated rings. The first-order chi connectivity index (χ1) is 15.4. The molecule has 32 heavy (non-hydrogen) atoms. The van der Waals surface area contributed by atoms with Crippen LogP contribution in [0.1, 0.15) is 44.2 Å². The Kier molecular flexibility index (Phi) is 7.40. The van der Waals surface area contributed by atoms with Crippen LogP contribution in [0.15, 0.2) is 47.6 Å². The van der Waals surface area contributed by atoms with Crippen molar-refractivity contribution in [3.63, 3.8) is 0 Å². The van der Waals surface area contributed by atoms with Gasteiger partial charge in [0.1, 0.15) is 0 Å². The summed E-state index contributed by atoms with van der Waals surface area (Å²) in [6, 6.07) is 12.2. The molecule has 0 radical (unpaired) electrons. The number of benzene rings is 2. The summed E-state index contributed by atoms with van der Waals surface area (Å²) in [5, 5.41) is 22.1. The standard InChI is InChI=1S/C23H25Cl3N4O2/c1-15-21(23(31)30(32)28-12-4-2-3-5-13-28)27-29(20-11-10-18(25)14-19(20)26)22(15)16-6-8-17(24)9-7-16/h6-11,14-15,22,30H,2-5,12-13H2,1H3/t15-,22+/m0/s1. The summed E-state index contributed by atoms with van der Waals surface area (Å²) < 4.78 is 0. The van der Waals surface area contributed by atoms with Crippen LogP contribution in [0.3, 0.4) is 0 Å². The number of hydroxylamine groups is 1. The Balaban J connectivity index is 1.70. The van der Waals surface area contributed by atoms with E-state index >= 15 is 0 Å². The predicted molar refractivity (Wildman–Crippen MR) is 129 cm³/mol. The summed E-state index contributed by atoms with van der Waals surface area (Å²) in [7, 11) is 0. The molecule has 2 aromatic carbocycles. The molecule has 1 N–H and O–H groups in total. The Morgan fingerprint density at radius 2 is 1.62 bits per heavy atom. The fraction of sp³-hybridized carbons (Fsp3) is 0.391. The van der Waals surface area contributed by atoms with E-state index in [1.54, 1.807) is 40.3 Å². The van der Waals surface area contributed by atoms with Gasteiger partial charge in [-0.1, -0.05) is 66.7 Å². The molecule has 0 aliphatic carbocycles. The van der Waals surface area contributed by atoms with Gasteiger partial charge in [0, 0.05) is 29.1 Å². The molecule has 0 bridgehead atoms. The third-order valence-electron chi connectivity index (χ3n) is 6.07. The minimum atomic E-state index is -0.550. The van der Waals surface area contributed by atoms with Crippen molar-refractivity contribution in [2.45, 2.75) is 38.6 Å². The molecule has 6 nitrogen and oxygen atoms in total. The number of hydrogen-bond donors (Lipinski definition) is 1. The highest BCUT2D eigenvalue weighted by molar-refractivity contribution is 6.38. The summed E-state index contributed by atoms with van der Waals surface area (Å²) >= 11 is 18.7. The van der Waals surface area contributed by atoms with Crippen molar-refractivity contribution in [1.82, 2.24) is 5.01 Å². The number of nitrogens with zero attached hydrogens (tertiary/aromatic N) is 3. The summed E-state index contributed by atoms with van der Waals surface area (Å²) in [4.78, 5) is 13.3. The van der Waals surface area contributed by atoms with Crippen molar-refractivity contribution in [1.29, 1.82) is 0 Å². The minimum Gasteiger partial charge on any atom is -0.605 e. The lowest BCUT2D eigenvalue weighted by Gasteiger charge is -2.31. The Morgan fingerprint density at radius 1 is 1.00 bits per heavy atom. The molecular weight excluding hydrogens is 471 g/mol. The maximum Gasteiger partial charge on any atom is 0.380 e. The highest BCUT2D eigenvalue weighted by Crippen LogP contribution is 2.42. The first-order valence-corrected chi connectivity index (χ1v) is 11.9. The Morgan fingerprint density at radius 3 is 2.25 bits per heavy atom. The van der Waals surface area contributed by atoms with Crippen LogP contribution >= 0.6 is 34.8 Å². The molecule has 9 heteroatoms. The Labute approximate surface area is 202 Å². The van der Waals surface area contributed by atoms with Gasteiger partial charge >= 0.3 is 5.91 Å². The number of anilines is 1. The SMILES string of the molecule is C[C@H]1C(C(=O)[NH+]([O-])N2CCCCCC2)=NN(c2ccc(Cl)cc2Cl)[C@H]1c1ccc(Cl)cc1. The average Bonchev–Trinajstić information content (AvgIpc) is 2.94. The first-order valence-electron chi connectivity index (χ1n) is 10.8. The summed E-state index contributed by atoms with van der Waals surface area (Å²) in [5.74, 6) is -0.878. The van der Waals surface area contributed by atoms with Crippen molar-refractivity contribution in [2.24, 2.45) is 11.0 Å². The van der Waals surface area contributed by atoms with Gasteiger partial charge in [0.2, 0.25) is 0 Å². The third kappa shape index (κ3) is 4.81. The van der Waals surface area contributed by atoms with E-state index in [2.05, 4.69) is 5.10 Å². The third-order valence-corrected chi connectivity index (χ3v) is 6.86. The largest absolute Gasteiger partial charge is 0.605 e. The van der Waals surface area contributed by atoms with Gasteiger partial charge in [0.15, 0.2) is 5.71 Å². The van der Waals surface area contributed by atoms with Gasteiger partial charge in [-0.2, -0.15) is 5.10 Å². The monoisotopic (exact) mass is 494 g/mol. The first kappa shape index (κ1) is 23.5. The summed E-state index contributed by atoms with van der Waals surface area (Å²) in [5.41, 5.74) is 1.78. The zero-order valence-corrected chi connectivity index (χ0v) is 20.0. The fourth-order valence-corrected chi connectivity index (χ4v) is 4.99. The van der Waals surface area contributed by atoms with E-state index < -0.39 is 11.1 Å². The van der Waals surface area contributed by atoms with Crippen LogP contribution in [0.4, 0.5) is 5.69 Å². The maximum atomic E-state index is 13.3. The lowest BCUT2D eigenvalue weighted by molar-refractivity contribution is -0.896. The number of carbonyl (C=O) groups excluding carboxylic acids is 1. The van der Waals surface area contributed by atoms with Crippen LogP contribution in [0.2, 0.25) is 15.1 Å². The van der Waals surface area contributed by atoms with Crippen LogP contribution in [0.5, 0.6) is 0 Å². The van der Waals surface area contributed by atoms with Crippen molar-refractivity contribution < 1.29 is 9.97 Å². The normalized spacial score (nSPS) is 23.0. The van der Waals surface area contributed by atoms with E-state index in [1.165, 1.54) is 0 Å². The molecule has 0 saturated carbocycles. The number of hydrogen-bond acceptors (Lipinski definition) is 5. The van der Waals surface area contributed by atoms with Crippen LogP contribution in [0.25, 0.3) is 0 Å². The van der Waals surface area contributed by atoms with Crippen molar-refractivity contribution >= 4 is 52.1 Å². The molecule has 0 aromatic heterocycles. The second-order valence-electron chi connectivity index (χ2n) is 8.25. The molecule has 2 aliphatic heterocycles. The lowest BCUT2D eigenvalue weighted by atomic mass is 9.91. The van der Waals surface area contributed by atoms with Gasteiger partial charge in [-0.15, -0.1) is 5.01 Å². The summed E-state index contributed by atoms with van der Waals surface area (Å²) in [6.45, 7) is 3.13. The van der Waals surface area contributed by atoms with E-state index in [4.69, 9.17) is 34.8 Å². The number of quaternary nitrogens is 1. The molecule has 170 valence electrons. The second kappa shape index (κ2) is 10.1. The molecule has 2 aromatic rings. The van der Waals surface area contributed by atoms with Crippen molar-refractivity contribution in [3.05, 3.63) is 68.3 Å². The fourth-order valence-electron chi connectivity index (χ4n) is 4.37. The molecule has 3 atom stereocenters. The molecule has 2 heterocycles. The van der Waals surface area contributed by atoms with Gasteiger partial charge < -0.3 is 5.21 Å². The van der Waals surface area contributed by atoms with E-state index in [9.17, 15) is 10.0 Å². The number of amides is 1. The van der Waals surface area contributed by atoms with Gasteiger partial charge in [-0.3, -0.25) is 5.01 Å². The number of carbonyl (C=O) groups is 1. The number of hydrazone groups is 1.